The van der Waals surface area contributed by atoms with Crippen molar-refractivity contribution >= 4 is 17.3 Å². The predicted molar refractivity (Wildman–Crippen MR) is 60.0 cm³/mol. The molecule has 0 amide bonds. The van der Waals surface area contributed by atoms with Crippen LogP contribution in [0.4, 0.5) is 0 Å². The van der Waals surface area contributed by atoms with Crippen molar-refractivity contribution in [1.82, 2.24) is 5.32 Å². The maximum Gasteiger partial charge on any atom is 0.308 e. The minimum atomic E-state index is -0.678. The third-order valence-corrected chi connectivity index (χ3v) is 3.83. The van der Waals surface area contributed by atoms with Gasteiger partial charge in [-0.25, -0.2) is 0 Å². The fraction of sp³-hybridized carbons (Fsp3) is 0.545. The van der Waals surface area contributed by atoms with Gasteiger partial charge < -0.3 is 10.4 Å². The minimum Gasteiger partial charge on any atom is -0.481 e. The molecule has 1 aliphatic rings. The van der Waals surface area contributed by atoms with Gasteiger partial charge in [0.2, 0.25) is 0 Å². The third-order valence-electron chi connectivity index (χ3n) is 2.88. The molecule has 1 aromatic heterocycles. The zero-order valence-electron chi connectivity index (χ0n) is 8.48. The van der Waals surface area contributed by atoms with Gasteiger partial charge in [0.25, 0.3) is 0 Å². The average molecular weight is 225 g/mol. The molecule has 1 aliphatic heterocycles. The van der Waals surface area contributed by atoms with E-state index in [0.717, 1.165) is 30.7 Å². The SMILES string of the molecule is O=C(O)[C@H]1CCCCN[C@@H]1c1cccs1. The molecule has 0 spiro atoms. The number of rotatable bonds is 2. The Hall–Kier alpha value is -0.870. The first-order valence-corrected chi connectivity index (χ1v) is 6.16. The second-order valence-electron chi connectivity index (χ2n) is 3.89. The van der Waals surface area contributed by atoms with Gasteiger partial charge in [-0.2, -0.15) is 0 Å². The molecule has 0 radical (unpaired) electrons. The smallest absolute Gasteiger partial charge is 0.308 e. The summed E-state index contributed by atoms with van der Waals surface area (Å²) in [4.78, 5) is 12.3. The molecular weight excluding hydrogens is 210 g/mol. The van der Waals surface area contributed by atoms with E-state index in [0.29, 0.717) is 0 Å². The van der Waals surface area contributed by atoms with Crippen LogP contribution in [-0.4, -0.2) is 17.6 Å². The van der Waals surface area contributed by atoms with Crippen molar-refractivity contribution in [2.24, 2.45) is 5.92 Å². The lowest BCUT2D eigenvalue weighted by Gasteiger charge is -2.21. The zero-order chi connectivity index (χ0) is 10.7. The van der Waals surface area contributed by atoms with Crippen LogP contribution in [0.5, 0.6) is 0 Å². The van der Waals surface area contributed by atoms with Gasteiger partial charge in [-0.15, -0.1) is 11.3 Å². The Labute approximate surface area is 93.1 Å². The molecule has 0 bridgehead atoms. The standard InChI is InChI=1S/C11H15NO2S/c13-11(14)8-4-1-2-6-12-10(8)9-5-3-7-15-9/h3,5,7-8,10,12H,1-2,4,6H2,(H,13,14)/t8-,10-/m0/s1. The molecule has 0 aliphatic carbocycles. The Bertz CT molecular complexity index is 323. The van der Waals surface area contributed by atoms with E-state index in [9.17, 15) is 9.90 Å². The molecule has 2 atom stereocenters. The van der Waals surface area contributed by atoms with Crippen molar-refractivity contribution in [1.29, 1.82) is 0 Å². The number of nitrogens with one attached hydrogen (secondary N) is 1. The van der Waals surface area contributed by atoms with E-state index in [1.165, 1.54) is 0 Å². The first-order valence-electron chi connectivity index (χ1n) is 5.28. The first kappa shape index (κ1) is 10.6. The molecule has 2 rings (SSSR count). The third kappa shape index (κ3) is 2.38. The van der Waals surface area contributed by atoms with Gasteiger partial charge in [0.15, 0.2) is 0 Å². The maximum absolute atomic E-state index is 11.2. The largest absolute Gasteiger partial charge is 0.481 e. The van der Waals surface area contributed by atoms with Crippen molar-refractivity contribution in [3.8, 4) is 0 Å². The fourth-order valence-electron chi connectivity index (χ4n) is 2.09. The Kier molecular flexibility index (Phi) is 3.38. The molecule has 1 saturated heterocycles. The van der Waals surface area contributed by atoms with Crippen molar-refractivity contribution in [2.75, 3.05) is 6.54 Å². The Morgan fingerprint density at radius 2 is 2.40 bits per heavy atom. The van der Waals surface area contributed by atoms with Crippen molar-refractivity contribution < 1.29 is 9.90 Å². The molecule has 0 saturated carbocycles. The van der Waals surface area contributed by atoms with Gasteiger partial charge >= 0.3 is 5.97 Å². The Morgan fingerprint density at radius 1 is 1.53 bits per heavy atom. The van der Waals surface area contributed by atoms with Gasteiger partial charge in [-0.1, -0.05) is 12.5 Å². The van der Waals surface area contributed by atoms with Gasteiger partial charge in [0.1, 0.15) is 0 Å². The molecule has 1 fully saturated rings. The van der Waals surface area contributed by atoms with E-state index in [1.54, 1.807) is 11.3 Å². The molecule has 2 heterocycles. The minimum absolute atomic E-state index is 0.00463. The summed E-state index contributed by atoms with van der Waals surface area (Å²) in [6.07, 6.45) is 2.86. The number of carboxylic acid groups (broad SMARTS) is 1. The van der Waals surface area contributed by atoms with E-state index < -0.39 is 5.97 Å². The van der Waals surface area contributed by atoms with Crippen LogP contribution in [0.1, 0.15) is 30.2 Å². The second kappa shape index (κ2) is 4.77. The normalized spacial score (nSPS) is 27.2. The highest BCUT2D eigenvalue weighted by molar-refractivity contribution is 7.10. The second-order valence-corrected chi connectivity index (χ2v) is 4.87. The lowest BCUT2D eigenvalue weighted by molar-refractivity contribution is -0.143. The number of carboxylic acids is 1. The van der Waals surface area contributed by atoms with Gasteiger partial charge in [0.05, 0.1) is 12.0 Å². The number of carbonyl (C=O) groups is 1. The molecule has 1 aromatic rings. The number of hydrogen-bond donors (Lipinski definition) is 2. The summed E-state index contributed by atoms with van der Waals surface area (Å²) >= 11 is 1.63. The number of hydrogen-bond acceptors (Lipinski definition) is 3. The Morgan fingerprint density at radius 3 is 3.07 bits per heavy atom. The number of aliphatic carboxylic acids is 1. The molecule has 4 heteroatoms. The summed E-state index contributed by atoms with van der Waals surface area (Å²) in [5, 5.41) is 14.5. The van der Waals surface area contributed by atoms with Crippen LogP contribution in [0.3, 0.4) is 0 Å². The van der Waals surface area contributed by atoms with E-state index in [1.807, 2.05) is 17.5 Å². The quantitative estimate of drug-likeness (QED) is 0.811. The van der Waals surface area contributed by atoms with E-state index >= 15 is 0 Å². The van der Waals surface area contributed by atoms with Crippen LogP contribution in [-0.2, 0) is 4.79 Å². The summed E-state index contributed by atoms with van der Waals surface area (Å²) in [7, 11) is 0. The van der Waals surface area contributed by atoms with Crippen LogP contribution >= 0.6 is 11.3 Å². The zero-order valence-corrected chi connectivity index (χ0v) is 9.30. The first-order chi connectivity index (χ1) is 7.29. The summed E-state index contributed by atoms with van der Waals surface area (Å²) < 4.78 is 0. The van der Waals surface area contributed by atoms with Crippen LogP contribution < -0.4 is 5.32 Å². The molecule has 0 unspecified atom stereocenters. The summed E-state index contributed by atoms with van der Waals surface area (Å²) in [6, 6.07) is 4.00. The molecule has 82 valence electrons. The summed E-state index contributed by atoms with van der Waals surface area (Å²) in [5.74, 6) is -0.950. The van der Waals surface area contributed by atoms with Gasteiger partial charge in [-0.05, 0) is 30.8 Å². The average Bonchev–Trinajstić information content (AvgIpc) is 2.61. The predicted octanol–water partition coefficient (Wildman–Crippen LogP) is 2.26. The van der Waals surface area contributed by atoms with E-state index in [2.05, 4.69) is 5.32 Å². The van der Waals surface area contributed by atoms with Crippen molar-refractivity contribution in [3.63, 3.8) is 0 Å². The fourth-order valence-corrected chi connectivity index (χ4v) is 2.95. The Balaban J connectivity index is 2.20. The molecule has 0 aromatic carbocycles. The molecule has 3 nitrogen and oxygen atoms in total. The van der Waals surface area contributed by atoms with Gasteiger partial charge in [0, 0.05) is 4.88 Å². The van der Waals surface area contributed by atoms with Crippen molar-refractivity contribution in [2.45, 2.75) is 25.3 Å². The monoisotopic (exact) mass is 225 g/mol. The van der Waals surface area contributed by atoms with Crippen LogP contribution in [0, 0.1) is 5.92 Å². The van der Waals surface area contributed by atoms with Crippen LogP contribution in [0.2, 0.25) is 0 Å². The molecule has 2 N–H and O–H groups in total. The van der Waals surface area contributed by atoms with Crippen molar-refractivity contribution in [3.05, 3.63) is 22.4 Å². The lowest BCUT2D eigenvalue weighted by atomic mass is 9.94. The highest BCUT2D eigenvalue weighted by Gasteiger charge is 2.30. The van der Waals surface area contributed by atoms with Gasteiger partial charge in [-0.3, -0.25) is 4.79 Å². The van der Waals surface area contributed by atoms with E-state index in [-0.39, 0.29) is 12.0 Å². The van der Waals surface area contributed by atoms with E-state index in [4.69, 9.17) is 0 Å². The lowest BCUT2D eigenvalue weighted by Crippen LogP contribution is -2.30. The van der Waals surface area contributed by atoms with Crippen LogP contribution in [0.25, 0.3) is 0 Å². The summed E-state index contributed by atoms with van der Waals surface area (Å²) in [6.45, 7) is 0.923. The molecular formula is C11H15NO2S. The highest BCUT2D eigenvalue weighted by Crippen LogP contribution is 2.31. The topological polar surface area (TPSA) is 49.3 Å². The number of thiophene rings is 1. The molecule has 15 heavy (non-hydrogen) atoms. The summed E-state index contributed by atoms with van der Waals surface area (Å²) in [5.41, 5.74) is 0. The van der Waals surface area contributed by atoms with Crippen LogP contribution in [0.15, 0.2) is 17.5 Å². The maximum atomic E-state index is 11.2. The highest BCUT2D eigenvalue weighted by atomic mass is 32.1.